The molecule has 0 amide bonds. The monoisotopic (exact) mass is 250 g/mol. The fourth-order valence-corrected chi connectivity index (χ4v) is 1.85. The van der Waals surface area contributed by atoms with Crippen LogP contribution in [0.15, 0.2) is 0 Å². The van der Waals surface area contributed by atoms with Crippen LogP contribution in [-0.2, 0) is 9.47 Å². The van der Waals surface area contributed by atoms with E-state index in [0.29, 0.717) is 6.61 Å². The van der Waals surface area contributed by atoms with E-state index in [-0.39, 0.29) is 0 Å². The van der Waals surface area contributed by atoms with Gasteiger partial charge in [0.05, 0.1) is 6.61 Å². The summed E-state index contributed by atoms with van der Waals surface area (Å²) in [4.78, 5) is 0. The van der Waals surface area contributed by atoms with Crippen LogP contribution < -0.4 is 0 Å². The van der Waals surface area contributed by atoms with Crippen molar-refractivity contribution in [2.75, 3.05) is 13.2 Å². The summed E-state index contributed by atoms with van der Waals surface area (Å²) in [7, 11) is 0. The number of aliphatic hydroxyl groups excluding tert-OH is 4. The number of aliphatic hydroxyl groups is 4. The molecule has 0 aromatic rings. The van der Waals surface area contributed by atoms with Crippen molar-refractivity contribution in [2.45, 2.75) is 56.9 Å². The minimum atomic E-state index is -1.27. The second-order valence-electron chi connectivity index (χ2n) is 4.27. The average molecular weight is 250 g/mol. The molecule has 0 spiro atoms. The zero-order chi connectivity index (χ0) is 12.8. The molecule has 1 aliphatic rings. The van der Waals surface area contributed by atoms with Crippen molar-refractivity contribution < 1.29 is 29.9 Å². The summed E-state index contributed by atoms with van der Waals surface area (Å²) in [6, 6.07) is 0. The Balaban J connectivity index is 2.39. The zero-order valence-corrected chi connectivity index (χ0v) is 10.0. The van der Waals surface area contributed by atoms with Crippen LogP contribution in [0.2, 0.25) is 0 Å². The molecule has 0 aliphatic carbocycles. The highest BCUT2D eigenvalue weighted by atomic mass is 16.7. The molecule has 1 fully saturated rings. The number of hydrogen-bond acceptors (Lipinski definition) is 6. The van der Waals surface area contributed by atoms with Gasteiger partial charge in [-0.3, -0.25) is 0 Å². The van der Waals surface area contributed by atoms with Gasteiger partial charge in [0, 0.05) is 6.61 Å². The lowest BCUT2D eigenvalue weighted by molar-refractivity contribution is -0.159. The summed E-state index contributed by atoms with van der Waals surface area (Å²) < 4.78 is 10.3. The highest BCUT2D eigenvalue weighted by Crippen LogP contribution is 2.25. The molecule has 1 saturated heterocycles. The molecule has 0 aromatic heterocycles. The molecule has 0 saturated carbocycles. The van der Waals surface area contributed by atoms with Gasteiger partial charge in [-0.1, -0.05) is 19.8 Å². The van der Waals surface area contributed by atoms with Crippen LogP contribution in [-0.4, -0.2) is 64.3 Å². The third-order valence-corrected chi connectivity index (χ3v) is 2.88. The fourth-order valence-electron chi connectivity index (χ4n) is 1.85. The number of ether oxygens (including phenoxy) is 2. The lowest BCUT2D eigenvalue weighted by Gasteiger charge is -2.20. The zero-order valence-electron chi connectivity index (χ0n) is 10.0. The highest BCUT2D eigenvalue weighted by molar-refractivity contribution is 4.91. The van der Waals surface area contributed by atoms with Gasteiger partial charge in [0.15, 0.2) is 6.29 Å². The Morgan fingerprint density at radius 2 is 2.00 bits per heavy atom. The Hall–Kier alpha value is -0.240. The molecule has 5 atom stereocenters. The SMILES string of the molecule is CCCCCOC1C(O)OC(C(O)CO)C1O. The standard InChI is InChI=1S/C11H22O6/c1-2-3-4-5-16-10-8(14)9(7(13)6-12)17-11(10)15/h7-15H,2-6H2,1H3. The topological polar surface area (TPSA) is 99.4 Å². The maximum atomic E-state index is 9.80. The lowest BCUT2D eigenvalue weighted by Crippen LogP contribution is -2.41. The van der Waals surface area contributed by atoms with E-state index in [0.717, 1.165) is 19.3 Å². The van der Waals surface area contributed by atoms with E-state index < -0.39 is 37.3 Å². The van der Waals surface area contributed by atoms with Crippen molar-refractivity contribution in [3.8, 4) is 0 Å². The smallest absolute Gasteiger partial charge is 0.184 e. The minimum Gasteiger partial charge on any atom is -0.394 e. The summed E-state index contributed by atoms with van der Waals surface area (Å²) in [5.74, 6) is 0. The molecule has 17 heavy (non-hydrogen) atoms. The third-order valence-electron chi connectivity index (χ3n) is 2.88. The predicted molar refractivity (Wildman–Crippen MR) is 59.2 cm³/mol. The van der Waals surface area contributed by atoms with Gasteiger partial charge < -0.3 is 29.9 Å². The third kappa shape index (κ3) is 3.87. The first-order valence-corrected chi connectivity index (χ1v) is 6.04. The van der Waals surface area contributed by atoms with Crippen LogP contribution in [0.25, 0.3) is 0 Å². The number of unbranched alkanes of at least 4 members (excludes halogenated alkanes) is 2. The summed E-state index contributed by atoms with van der Waals surface area (Å²) >= 11 is 0. The van der Waals surface area contributed by atoms with Crippen LogP contribution in [0.1, 0.15) is 26.2 Å². The van der Waals surface area contributed by atoms with Crippen molar-refractivity contribution in [1.82, 2.24) is 0 Å². The maximum Gasteiger partial charge on any atom is 0.184 e. The van der Waals surface area contributed by atoms with Gasteiger partial charge in [0.1, 0.15) is 24.4 Å². The van der Waals surface area contributed by atoms with Crippen molar-refractivity contribution in [2.24, 2.45) is 0 Å². The average Bonchev–Trinajstić information content (AvgIpc) is 2.60. The van der Waals surface area contributed by atoms with Gasteiger partial charge in [0.2, 0.25) is 0 Å². The van der Waals surface area contributed by atoms with E-state index in [4.69, 9.17) is 14.6 Å². The van der Waals surface area contributed by atoms with E-state index >= 15 is 0 Å². The van der Waals surface area contributed by atoms with Crippen molar-refractivity contribution in [3.05, 3.63) is 0 Å². The largest absolute Gasteiger partial charge is 0.394 e. The minimum absolute atomic E-state index is 0.428. The quantitative estimate of drug-likeness (QED) is 0.432. The van der Waals surface area contributed by atoms with Crippen LogP contribution in [0.4, 0.5) is 0 Å². The second-order valence-corrected chi connectivity index (χ2v) is 4.27. The first-order chi connectivity index (χ1) is 8.11. The Bertz CT molecular complexity index is 212. The summed E-state index contributed by atoms with van der Waals surface area (Å²) in [6.45, 7) is 1.96. The molecule has 6 heteroatoms. The van der Waals surface area contributed by atoms with E-state index in [1.165, 1.54) is 0 Å². The first-order valence-electron chi connectivity index (χ1n) is 6.04. The molecule has 1 heterocycles. The van der Waals surface area contributed by atoms with Crippen molar-refractivity contribution >= 4 is 0 Å². The van der Waals surface area contributed by atoms with Crippen molar-refractivity contribution in [1.29, 1.82) is 0 Å². The molecule has 0 aromatic carbocycles. The Labute approximate surface area is 101 Å². The van der Waals surface area contributed by atoms with Crippen LogP contribution in [0.3, 0.4) is 0 Å². The van der Waals surface area contributed by atoms with Gasteiger partial charge in [-0.25, -0.2) is 0 Å². The molecule has 0 bridgehead atoms. The second kappa shape index (κ2) is 7.25. The van der Waals surface area contributed by atoms with Gasteiger partial charge in [0.25, 0.3) is 0 Å². The number of hydrogen-bond donors (Lipinski definition) is 4. The van der Waals surface area contributed by atoms with Crippen molar-refractivity contribution in [3.63, 3.8) is 0 Å². The van der Waals surface area contributed by atoms with Crippen LogP contribution in [0.5, 0.6) is 0 Å². The Kier molecular flexibility index (Phi) is 6.32. The van der Waals surface area contributed by atoms with Gasteiger partial charge in [-0.15, -0.1) is 0 Å². The Morgan fingerprint density at radius 3 is 2.59 bits per heavy atom. The molecular formula is C11H22O6. The summed E-state index contributed by atoms with van der Waals surface area (Å²) in [5, 5.41) is 37.5. The molecule has 1 aliphatic heterocycles. The van der Waals surface area contributed by atoms with Gasteiger partial charge >= 0.3 is 0 Å². The Morgan fingerprint density at radius 1 is 1.29 bits per heavy atom. The molecule has 5 unspecified atom stereocenters. The van der Waals surface area contributed by atoms with Crippen LogP contribution in [0, 0.1) is 0 Å². The lowest BCUT2D eigenvalue weighted by atomic mass is 10.1. The first kappa shape index (κ1) is 14.8. The van der Waals surface area contributed by atoms with E-state index in [1.807, 2.05) is 0 Å². The molecular weight excluding hydrogens is 228 g/mol. The normalized spacial score (nSPS) is 35.1. The molecule has 4 N–H and O–H groups in total. The van der Waals surface area contributed by atoms with Gasteiger partial charge in [-0.05, 0) is 6.42 Å². The maximum absolute atomic E-state index is 9.80. The highest BCUT2D eigenvalue weighted by Gasteiger charge is 2.46. The predicted octanol–water partition coefficient (Wildman–Crippen LogP) is -1.01. The molecule has 6 nitrogen and oxygen atoms in total. The number of rotatable bonds is 7. The van der Waals surface area contributed by atoms with E-state index in [1.54, 1.807) is 0 Å². The van der Waals surface area contributed by atoms with E-state index in [2.05, 4.69) is 6.92 Å². The summed E-state index contributed by atoms with van der Waals surface area (Å²) in [6.07, 6.45) is -2.57. The van der Waals surface area contributed by atoms with Crippen LogP contribution >= 0.6 is 0 Å². The van der Waals surface area contributed by atoms with Gasteiger partial charge in [-0.2, -0.15) is 0 Å². The fraction of sp³-hybridized carbons (Fsp3) is 1.00. The summed E-state index contributed by atoms with van der Waals surface area (Å²) in [5.41, 5.74) is 0. The van der Waals surface area contributed by atoms with E-state index in [9.17, 15) is 15.3 Å². The molecule has 0 radical (unpaired) electrons. The molecule has 1 rings (SSSR count). The molecule has 102 valence electrons.